The minimum absolute atomic E-state index is 0.0102. The van der Waals surface area contributed by atoms with Gasteiger partial charge in [0.2, 0.25) is 5.91 Å². The zero-order valence-electron chi connectivity index (χ0n) is 58.9. The van der Waals surface area contributed by atoms with Crippen molar-refractivity contribution < 1.29 is 32.9 Å². The van der Waals surface area contributed by atoms with Gasteiger partial charge in [0, 0.05) is 6.42 Å². The summed E-state index contributed by atoms with van der Waals surface area (Å²) in [6.45, 7) is 4.54. The Balaban J connectivity index is 4.08. The normalized spacial score (nSPS) is 14.3. The fraction of sp³-hybridized carbons (Fsp3) is 0.738. The molecule has 0 radical (unpaired) electrons. The van der Waals surface area contributed by atoms with E-state index in [0.29, 0.717) is 17.4 Å². The maximum absolute atomic E-state index is 13.1. The molecule has 0 aliphatic heterocycles. The van der Waals surface area contributed by atoms with Crippen LogP contribution in [0.25, 0.3) is 0 Å². The first-order chi connectivity index (χ1) is 43.5. The van der Waals surface area contributed by atoms with Crippen LogP contribution >= 0.6 is 7.82 Å². The van der Waals surface area contributed by atoms with Crippen LogP contribution in [0.5, 0.6) is 0 Å². The van der Waals surface area contributed by atoms with Gasteiger partial charge in [0.25, 0.3) is 7.82 Å². The molecule has 89 heavy (non-hydrogen) atoms. The number of amides is 1. The summed E-state index contributed by atoms with van der Waals surface area (Å²) in [4.78, 5) is 25.7. The fourth-order valence-electron chi connectivity index (χ4n) is 10.7. The average Bonchev–Trinajstić information content (AvgIpc) is 3.55. The molecule has 0 aliphatic carbocycles. The summed E-state index contributed by atoms with van der Waals surface area (Å²) < 4.78 is 23.5. The molecular weight excluding hydrogens is 1120 g/mol. The number of aliphatic hydroxyl groups is 1. The van der Waals surface area contributed by atoms with Crippen LogP contribution in [0.1, 0.15) is 328 Å². The number of phosphoric acid groups is 1. The van der Waals surface area contributed by atoms with E-state index >= 15 is 0 Å². The third-order valence-corrected chi connectivity index (χ3v) is 17.4. The molecule has 0 spiro atoms. The number of nitrogens with one attached hydrogen (secondary N) is 1. The van der Waals surface area contributed by atoms with Gasteiger partial charge in [-0.2, -0.15) is 0 Å². The SMILES string of the molecule is CC/C=C\C/C=C\C/C=C\C/C=C\C/C=C\C/C=C\C/C=C\C/C=C\CCCCCCCCCCCCCCCCC(=O)NC(COP(=O)([O-])OCC[N+](C)(C)C)C(O)/C=C/CC/C=C/CCCCCCCCCCCCCCCCCCCCCCCC. The second-order valence-corrected chi connectivity index (χ2v) is 27.7. The van der Waals surface area contributed by atoms with Gasteiger partial charge in [-0.25, -0.2) is 0 Å². The Bertz CT molecular complexity index is 1870. The van der Waals surface area contributed by atoms with Crippen molar-refractivity contribution in [2.45, 2.75) is 341 Å². The maximum atomic E-state index is 13.1. The van der Waals surface area contributed by atoms with Crippen molar-refractivity contribution in [2.75, 3.05) is 40.9 Å². The van der Waals surface area contributed by atoms with Crippen molar-refractivity contribution in [2.24, 2.45) is 0 Å². The minimum atomic E-state index is -4.62. The molecule has 3 unspecified atom stereocenters. The number of aliphatic hydroxyl groups excluding tert-OH is 1. The Morgan fingerprint density at radius 3 is 1.04 bits per heavy atom. The molecule has 3 atom stereocenters. The summed E-state index contributed by atoms with van der Waals surface area (Å²) in [6.07, 6.45) is 103. The first-order valence-electron chi connectivity index (χ1n) is 37.4. The quantitative estimate of drug-likeness (QED) is 0.0272. The van der Waals surface area contributed by atoms with Crippen molar-refractivity contribution in [3.63, 3.8) is 0 Å². The molecule has 0 saturated heterocycles. The molecule has 0 aromatic carbocycles. The van der Waals surface area contributed by atoms with Gasteiger partial charge in [-0.05, 0) is 96.3 Å². The van der Waals surface area contributed by atoms with Gasteiger partial charge in [0.15, 0.2) is 0 Å². The van der Waals surface area contributed by atoms with Crippen LogP contribution < -0.4 is 10.2 Å². The Labute approximate surface area is 552 Å². The Morgan fingerprint density at radius 1 is 0.404 bits per heavy atom. The van der Waals surface area contributed by atoms with Crippen LogP contribution in [0, 0.1) is 0 Å². The summed E-state index contributed by atoms with van der Waals surface area (Å²) in [7, 11) is 1.24. The first-order valence-corrected chi connectivity index (χ1v) is 38.9. The van der Waals surface area contributed by atoms with E-state index in [-0.39, 0.29) is 12.5 Å². The highest BCUT2D eigenvalue weighted by Gasteiger charge is 2.23. The number of hydrogen-bond acceptors (Lipinski definition) is 6. The Morgan fingerprint density at radius 2 is 0.697 bits per heavy atom. The number of rotatable bonds is 68. The van der Waals surface area contributed by atoms with E-state index < -0.39 is 26.6 Å². The summed E-state index contributed by atoms with van der Waals surface area (Å²) in [5.74, 6) is -0.208. The van der Waals surface area contributed by atoms with Gasteiger partial charge >= 0.3 is 0 Å². The van der Waals surface area contributed by atoms with Crippen molar-refractivity contribution in [1.82, 2.24) is 5.32 Å². The second-order valence-electron chi connectivity index (χ2n) is 26.3. The Hall–Kier alpha value is -3.10. The summed E-state index contributed by atoms with van der Waals surface area (Å²) in [5.41, 5.74) is 0. The largest absolute Gasteiger partial charge is 0.756 e. The third kappa shape index (κ3) is 72.2. The van der Waals surface area contributed by atoms with Crippen molar-refractivity contribution in [3.05, 3.63) is 122 Å². The number of carbonyl (C=O) groups excluding carboxylic acids is 1. The van der Waals surface area contributed by atoms with Gasteiger partial charge in [-0.1, -0.05) is 347 Å². The molecule has 1 amide bonds. The van der Waals surface area contributed by atoms with Gasteiger partial charge < -0.3 is 28.8 Å². The predicted molar refractivity (Wildman–Crippen MR) is 389 cm³/mol. The highest BCUT2D eigenvalue weighted by molar-refractivity contribution is 7.45. The number of nitrogens with zero attached hydrogens (tertiary/aromatic N) is 1. The number of unbranched alkanes of at least 4 members (excludes halogenated alkanes) is 37. The highest BCUT2D eigenvalue weighted by Crippen LogP contribution is 2.38. The van der Waals surface area contributed by atoms with E-state index in [2.05, 4.69) is 129 Å². The monoisotopic (exact) mass is 1260 g/mol. The lowest BCUT2D eigenvalue weighted by molar-refractivity contribution is -0.870. The lowest BCUT2D eigenvalue weighted by Gasteiger charge is -2.29. The molecule has 0 aliphatic rings. The maximum Gasteiger partial charge on any atom is 0.268 e. The van der Waals surface area contributed by atoms with Gasteiger partial charge in [0.05, 0.1) is 39.9 Å². The van der Waals surface area contributed by atoms with Crippen LogP contribution in [-0.4, -0.2) is 68.5 Å². The smallest absolute Gasteiger partial charge is 0.268 e. The summed E-state index contributed by atoms with van der Waals surface area (Å²) >= 11 is 0. The predicted octanol–water partition coefficient (Wildman–Crippen LogP) is 23.8. The molecule has 0 saturated carbocycles. The van der Waals surface area contributed by atoms with Crippen LogP contribution in [0.4, 0.5) is 0 Å². The average molecular weight is 1260 g/mol. The molecular formula is C80H143N2O6P. The van der Waals surface area contributed by atoms with Crippen LogP contribution in [0.15, 0.2) is 122 Å². The molecule has 8 nitrogen and oxygen atoms in total. The minimum Gasteiger partial charge on any atom is -0.756 e. The van der Waals surface area contributed by atoms with E-state index in [1.54, 1.807) is 6.08 Å². The zero-order chi connectivity index (χ0) is 64.8. The van der Waals surface area contributed by atoms with Crippen LogP contribution in [0.2, 0.25) is 0 Å². The van der Waals surface area contributed by atoms with E-state index in [1.165, 1.54) is 218 Å². The van der Waals surface area contributed by atoms with Crippen molar-refractivity contribution >= 4 is 13.7 Å². The number of quaternary nitrogens is 1. The highest BCUT2D eigenvalue weighted by atomic mass is 31.2. The van der Waals surface area contributed by atoms with Crippen LogP contribution in [0.3, 0.4) is 0 Å². The van der Waals surface area contributed by atoms with Crippen molar-refractivity contribution in [3.8, 4) is 0 Å². The standard InChI is InChI=1S/C80H143N2O6P/c1-6-8-10-12-14-16-18-20-22-24-26-28-30-32-34-36-37-38-39-40-41-42-43-44-45-46-48-50-52-54-56-58-60-62-64-66-68-70-72-74-80(84)81-78(77-88-89(85,86)87-76-75-82(3,4)5)79(83)73-71-69-67-65-63-61-59-57-55-53-51-49-47-35-33-31-29-27-25-23-21-19-17-15-13-11-9-7-2/h8,10,14,16,20,22,26,28,32,34,37-38,40-41,43-44,63,65,71,73,78-79,83H,6-7,9,11-13,15,17-19,21,23-25,27,29-31,33,35-36,39,42,45-62,64,66-70,72,74-77H2,1-5H3,(H-,81,84,85,86)/b10-8-,16-14-,22-20-,28-26-,34-32-,38-37-,41-40-,44-43-,65-63+,73-71+. The van der Waals surface area contributed by atoms with Crippen LogP contribution in [-0.2, 0) is 18.4 Å². The Kier molecular flexibility index (Phi) is 66.8. The van der Waals surface area contributed by atoms with Crippen molar-refractivity contribution in [1.29, 1.82) is 0 Å². The summed E-state index contributed by atoms with van der Waals surface area (Å²) in [6, 6.07) is -0.912. The molecule has 0 bridgehead atoms. The molecule has 0 fully saturated rings. The number of allylic oxidation sites excluding steroid dienone is 19. The number of hydrogen-bond donors (Lipinski definition) is 2. The number of likely N-dealkylation sites (N-methyl/N-ethyl adjacent to an activating group) is 1. The molecule has 2 N–H and O–H groups in total. The molecule has 0 aromatic heterocycles. The molecule has 0 rings (SSSR count). The number of phosphoric ester groups is 1. The third-order valence-electron chi connectivity index (χ3n) is 16.4. The number of carbonyl (C=O) groups is 1. The van der Waals surface area contributed by atoms with Gasteiger partial charge in [0.1, 0.15) is 13.2 Å². The lowest BCUT2D eigenvalue weighted by atomic mass is 10.0. The zero-order valence-corrected chi connectivity index (χ0v) is 59.7. The van der Waals surface area contributed by atoms with E-state index in [1.807, 2.05) is 27.2 Å². The van der Waals surface area contributed by atoms with Gasteiger partial charge in [-0.3, -0.25) is 9.36 Å². The topological polar surface area (TPSA) is 108 Å². The van der Waals surface area contributed by atoms with E-state index in [9.17, 15) is 19.4 Å². The molecule has 9 heteroatoms. The van der Waals surface area contributed by atoms with E-state index in [4.69, 9.17) is 9.05 Å². The fourth-order valence-corrected chi connectivity index (χ4v) is 11.4. The second kappa shape index (κ2) is 69.2. The molecule has 514 valence electrons. The van der Waals surface area contributed by atoms with Gasteiger partial charge in [-0.15, -0.1) is 0 Å². The molecule has 0 heterocycles. The lowest BCUT2D eigenvalue weighted by Crippen LogP contribution is -2.45. The molecule has 0 aromatic rings. The summed E-state index contributed by atoms with van der Waals surface area (Å²) in [5, 5.41) is 14.0. The first kappa shape index (κ1) is 85.9. The van der Waals surface area contributed by atoms with E-state index in [0.717, 1.165) is 89.9 Å².